The molecule has 2 heterocycles. The fourth-order valence-corrected chi connectivity index (χ4v) is 4.23. The van der Waals surface area contributed by atoms with Gasteiger partial charge in [-0.2, -0.15) is 5.26 Å². The SMILES string of the molecule is CCN(CC)c1ccc(/C=C(/C#N)c2nc(-c3cc4ccccc4oc3=O)cs2)cc1. The molecule has 2 aromatic carbocycles. The van der Waals surface area contributed by atoms with Crippen LogP contribution < -0.4 is 10.5 Å². The molecule has 0 spiro atoms. The number of nitrogens with zero attached hydrogens (tertiary/aromatic N) is 3. The quantitative estimate of drug-likeness (QED) is 0.286. The van der Waals surface area contributed by atoms with Crippen LogP contribution in [-0.4, -0.2) is 18.1 Å². The molecule has 0 amide bonds. The molecule has 6 heteroatoms. The van der Waals surface area contributed by atoms with Crippen molar-refractivity contribution in [2.24, 2.45) is 0 Å². The van der Waals surface area contributed by atoms with E-state index >= 15 is 0 Å². The summed E-state index contributed by atoms with van der Waals surface area (Å²) in [5.74, 6) is 0. The Hall–Kier alpha value is -3.69. The number of nitriles is 1. The van der Waals surface area contributed by atoms with Crippen LogP contribution in [0.1, 0.15) is 24.4 Å². The van der Waals surface area contributed by atoms with Crippen LogP contribution in [0.3, 0.4) is 0 Å². The highest BCUT2D eigenvalue weighted by Crippen LogP contribution is 2.28. The van der Waals surface area contributed by atoms with Gasteiger partial charge in [-0.1, -0.05) is 30.3 Å². The predicted octanol–water partition coefficient (Wildman–Crippen LogP) is 5.83. The molecule has 4 aromatic rings. The third-order valence-corrected chi connectivity index (χ3v) is 5.98. The molecule has 0 atom stereocenters. The van der Waals surface area contributed by atoms with Gasteiger partial charge in [-0.3, -0.25) is 0 Å². The Kier molecular flexibility index (Phi) is 5.96. The minimum absolute atomic E-state index is 0.391. The average Bonchev–Trinajstić information content (AvgIpc) is 3.28. The third-order valence-electron chi connectivity index (χ3n) is 5.11. The van der Waals surface area contributed by atoms with Gasteiger partial charge in [-0.15, -0.1) is 11.3 Å². The van der Waals surface area contributed by atoms with Gasteiger partial charge in [0.05, 0.1) is 16.8 Å². The van der Waals surface area contributed by atoms with E-state index in [1.807, 2.05) is 36.4 Å². The zero-order valence-electron chi connectivity index (χ0n) is 17.3. The Morgan fingerprint density at radius 3 is 2.61 bits per heavy atom. The molecule has 2 aromatic heterocycles. The second kappa shape index (κ2) is 8.99. The molecule has 154 valence electrons. The van der Waals surface area contributed by atoms with Gasteiger partial charge in [0.15, 0.2) is 0 Å². The van der Waals surface area contributed by atoms with E-state index in [1.54, 1.807) is 17.5 Å². The molecule has 0 N–H and O–H groups in total. The molecule has 0 aliphatic carbocycles. The molecule has 0 radical (unpaired) electrons. The van der Waals surface area contributed by atoms with E-state index < -0.39 is 5.63 Å². The summed E-state index contributed by atoms with van der Waals surface area (Å²) < 4.78 is 5.41. The van der Waals surface area contributed by atoms with Crippen LogP contribution >= 0.6 is 11.3 Å². The lowest BCUT2D eigenvalue weighted by atomic mass is 10.1. The lowest BCUT2D eigenvalue weighted by molar-refractivity contribution is 0.563. The highest BCUT2D eigenvalue weighted by atomic mass is 32.1. The van der Waals surface area contributed by atoms with Crippen LogP contribution in [0.2, 0.25) is 0 Å². The number of para-hydroxylation sites is 1. The van der Waals surface area contributed by atoms with Gasteiger partial charge in [-0.05, 0) is 49.8 Å². The second-order valence-electron chi connectivity index (χ2n) is 6.96. The summed E-state index contributed by atoms with van der Waals surface area (Å²) in [7, 11) is 0. The fraction of sp³-hybridized carbons (Fsp3) is 0.160. The number of fused-ring (bicyclic) bond motifs is 1. The first-order chi connectivity index (χ1) is 15.1. The molecule has 0 unspecified atom stereocenters. The zero-order chi connectivity index (χ0) is 21.8. The summed E-state index contributed by atoms with van der Waals surface area (Å²) in [6.45, 7) is 6.14. The van der Waals surface area contributed by atoms with Crippen LogP contribution in [0.15, 0.2) is 69.2 Å². The number of hydrogen-bond acceptors (Lipinski definition) is 6. The molecule has 0 aliphatic rings. The molecule has 5 nitrogen and oxygen atoms in total. The smallest absolute Gasteiger partial charge is 0.345 e. The summed E-state index contributed by atoms with van der Waals surface area (Å²) in [6.07, 6.45) is 1.82. The predicted molar refractivity (Wildman–Crippen MR) is 127 cm³/mol. The van der Waals surface area contributed by atoms with Crippen LogP contribution in [0.25, 0.3) is 33.9 Å². The number of anilines is 1. The largest absolute Gasteiger partial charge is 0.422 e. The van der Waals surface area contributed by atoms with Crippen LogP contribution in [0.5, 0.6) is 0 Å². The Bertz CT molecular complexity index is 1340. The number of rotatable bonds is 6. The zero-order valence-corrected chi connectivity index (χ0v) is 18.1. The van der Waals surface area contributed by atoms with Gasteiger partial charge in [0.2, 0.25) is 0 Å². The first-order valence-electron chi connectivity index (χ1n) is 10.1. The van der Waals surface area contributed by atoms with Crippen molar-refractivity contribution >= 4 is 39.6 Å². The maximum atomic E-state index is 12.4. The van der Waals surface area contributed by atoms with E-state index in [0.29, 0.717) is 27.4 Å². The van der Waals surface area contributed by atoms with Gasteiger partial charge in [0.25, 0.3) is 0 Å². The van der Waals surface area contributed by atoms with E-state index in [1.165, 1.54) is 11.3 Å². The van der Waals surface area contributed by atoms with Crippen molar-refractivity contribution in [2.75, 3.05) is 18.0 Å². The summed E-state index contributed by atoms with van der Waals surface area (Å²) >= 11 is 1.34. The topological polar surface area (TPSA) is 70.1 Å². The van der Waals surface area contributed by atoms with Crippen LogP contribution in [0, 0.1) is 11.3 Å². The van der Waals surface area contributed by atoms with E-state index in [0.717, 1.165) is 29.7 Å². The molecule has 0 bridgehead atoms. The highest BCUT2D eigenvalue weighted by Gasteiger charge is 2.14. The molecule has 0 fully saturated rings. The van der Waals surface area contributed by atoms with Crippen molar-refractivity contribution in [1.29, 1.82) is 5.26 Å². The Labute approximate surface area is 184 Å². The molecule has 0 saturated carbocycles. The minimum atomic E-state index is -0.440. The first kappa shape index (κ1) is 20.6. The normalized spacial score (nSPS) is 11.5. The van der Waals surface area contributed by atoms with E-state index in [-0.39, 0.29) is 0 Å². The lowest BCUT2D eigenvalue weighted by Gasteiger charge is -2.20. The highest BCUT2D eigenvalue weighted by molar-refractivity contribution is 7.11. The maximum Gasteiger partial charge on any atom is 0.345 e. The standard InChI is InChI=1S/C25H21N3O2S/c1-3-28(4-2)20-11-9-17(10-12-20)13-19(15-26)24-27-22(16-31-24)21-14-18-7-5-6-8-23(18)30-25(21)29/h5-14,16H,3-4H2,1-2H3/b19-13-. The van der Waals surface area contributed by atoms with Crippen molar-refractivity contribution in [3.8, 4) is 17.3 Å². The third kappa shape index (κ3) is 4.27. The summed E-state index contributed by atoms with van der Waals surface area (Å²) in [5.41, 5.74) is 3.54. The summed E-state index contributed by atoms with van der Waals surface area (Å²) in [4.78, 5) is 19.2. The van der Waals surface area contributed by atoms with E-state index in [2.05, 4.69) is 41.9 Å². The fourth-order valence-electron chi connectivity index (χ4n) is 3.44. The van der Waals surface area contributed by atoms with Crippen molar-refractivity contribution in [3.63, 3.8) is 0 Å². The van der Waals surface area contributed by atoms with Gasteiger partial charge in [0.1, 0.15) is 16.7 Å². The first-order valence-corrected chi connectivity index (χ1v) is 11.0. The maximum absolute atomic E-state index is 12.4. The number of hydrogen-bond donors (Lipinski definition) is 0. The van der Waals surface area contributed by atoms with Crippen molar-refractivity contribution in [3.05, 3.63) is 81.0 Å². The molecule has 4 rings (SSSR count). The van der Waals surface area contributed by atoms with Gasteiger partial charge < -0.3 is 9.32 Å². The van der Waals surface area contributed by atoms with E-state index in [9.17, 15) is 10.1 Å². The van der Waals surface area contributed by atoms with Crippen molar-refractivity contribution in [2.45, 2.75) is 13.8 Å². The molecule has 0 aliphatic heterocycles. The average molecular weight is 428 g/mol. The van der Waals surface area contributed by atoms with E-state index in [4.69, 9.17) is 4.42 Å². The molecule has 0 saturated heterocycles. The van der Waals surface area contributed by atoms with Gasteiger partial charge in [-0.25, -0.2) is 9.78 Å². The molecule has 31 heavy (non-hydrogen) atoms. The Morgan fingerprint density at radius 1 is 1.16 bits per heavy atom. The van der Waals surface area contributed by atoms with Gasteiger partial charge in [0, 0.05) is 29.5 Å². The Morgan fingerprint density at radius 2 is 1.90 bits per heavy atom. The summed E-state index contributed by atoms with van der Waals surface area (Å²) in [5, 5.41) is 12.9. The monoisotopic (exact) mass is 427 g/mol. The summed E-state index contributed by atoms with van der Waals surface area (Å²) in [6, 6.07) is 19.5. The molecular formula is C25H21N3O2S. The number of benzene rings is 2. The van der Waals surface area contributed by atoms with Crippen LogP contribution in [0.4, 0.5) is 5.69 Å². The van der Waals surface area contributed by atoms with Crippen molar-refractivity contribution < 1.29 is 4.42 Å². The second-order valence-corrected chi connectivity index (χ2v) is 7.81. The minimum Gasteiger partial charge on any atom is -0.422 e. The number of allylic oxidation sites excluding steroid dienone is 1. The molecular weight excluding hydrogens is 406 g/mol. The number of aromatic nitrogens is 1. The van der Waals surface area contributed by atoms with Crippen LogP contribution in [-0.2, 0) is 0 Å². The van der Waals surface area contributed by atoms with Gasteiger partial charge >= 0.3 is 5.63 Å². The number of thiazole rings is 1. The Balaban J connectivity index is 1.65. The van der Waals surface area contributed by atoms with Crippen molar-refractivity contribution in [1.82, 2.24) is 4.98 Å². The lowest BCUT2D eigenvalue weighted by Crippen LogP contribution is -2.21.